The van der Waals surface area contributed by atoms with Crippen molar-refractivity contribution < 1.29 is 0 Å². The molecule has 4 rings (SSSR count). The molecule has 0 fully saturated rings. The van der Waals surface area contributed by atoms with Gasteiger partial charge < -0.3 is 5.32 Å². The van der Waals surface area contributed by atoms with Crippen LogP contribution in [0.25, 0.3) is 33.5 Å². The molecule has 0 spiro atoms. The van der Waals surface area contributed by atoms with Crippen LogP contribution in [0.15, 0.2) is 54.7 Å². The fourth-order valence-electron chi connectivity index (χ4n) is 2.61. The van der Waals surface area contributed by atoms with Gasteiger partial charge in [0.25, 0.3) is 0 Å². The van der Waals surface area contributed by atoms with Crippen molar-refractivity contribution in [2.45, 2.75) is 19.9 Å². The molecule has 140 valence electrons. The van der Waals surface area contributed by atoms with Crippen molar-refractivity contribution in [2.75, 3.05) is 5.32 Å². The highest BCUT2D eigenvalue weighted by atomic mass is 35.5. The lowest BCUT2D eigenvalue weighted by atomic mass is 10.1. The number of halogens is 1. The van der Waals surface area contributed by atoms with Gasteiger partial charge in [-0.05, 0) is 38.1 Å². The zero-order chi connectivity index (χ0) is 19.5. The Hall–Kier alpha value is -2.90. The first-order chi connectivity index (χ1) is 13.6. The summed E-state index contributed by atoms with van der Waals surface area (Å²) < 4.78 is 0. The number of rotatable bonds is 5. The maximum atomic E-state index is 6.41. The van der Waals surface area contributed by atoms with Crippen LogP contribution >= 0.6 is 22.9 Å². The van der Waals surface area contributed by atoms with E-state index < -0.39 is 0 Å². The number of benzene rings is 1. The highest BCUT2D eigenvalue weighted by Gasteiger charge is 2.16. The third-order valence-corrected chi connectivity index (χ3v) is 5.03. The average Bonchev–Trinajstić information content (AvgIpc) is 3.16. The number of aromatic nitrogens is 5. The molecular formula is C20H17ClN6S. The van der Waals surface area contributed by atoms with Crippen molar-refractivity contribution in [3.8, 4) is 33.5 Å². The lowest BCUT2D eigenvalue weighted by molar-refractivity contribution is 0.888. The van der Waals surface area contributed by atoms with Crippen LogP contribution in [0.2, 0.25) is 5.02 Å². The van der Waals surface area contributed by atoms with Crippen molar-refractivity contribution in [3.63, 3.8) is 0 Å². The van der Waals surface area contributed by atoms with E-state index in [1.807, 2.05) is 48.5 Å². The Morgan fingerprint density at radius 1 is 0.929 bits per heavy atom. The first-order valence-electron chi connectivity index (χ1n) is 8.76. The second kappa shape index (κ2) is 8.00. The summed E-state index contributed by atoms with van der Waals surface area (Å²) in [5, 5.41) is 13.8. The van der Waals surface area contributed by atoms with E-state index in [1.54, 1.807) is 6.20 Å². The number of nitrogens with one attached hydrogen (secondary N) is 1. The zero-order valence-electron chi connectivity index (χ0n) is 15.3. The van der Waals surface area contributed by atoms with E-state index in [2.05, 4.69) is 39.3 Å². The standard InChI is InChI=1S/C20H17ClN6S/c1-12(2)23-20-27-26-19(28-20)17-11-16(13-7-3-4-8-14(13)21)24-18(25-17)15-9-5-6-10-22-15/h3-12H,1-2H3,(H,23,27). The number of hydrogen-bond donors (Lipinski definition) is 1. The highest BCUT2D eigenvalue weighted by molar-refractivity contribution is 7.18. The molecule has 0 atom stereocenters. The first kappa shape index (κ1) is 18.5. The van der Waals surface area contributed by atoms with Crippen molar-refractivity contribution in [1.29, 1.82) is 0 Å². The number of nitrogens with zero attached hydrogens (tertiary/aromatic N) is 5. The van der Waals surface area contributed by atoms with E-state index in [4.69, 9.17) is 16.6 Å². The Kier molecular flexibility index (Phi) is 5.27. The van der Waals surface area contributed by atoms with Gasteiger partial charge in [-0.3, -0.25) is 4.98 Å². The van der Waals surface area contributed by atoms with Crippen LogP contribution in [0.1, 0.15) is 13.8 Å². The minimum atomic E-state index is 0.272. The summed E-state index contributed by atoms with van der Waals surface area (Å²) in [5.74, 6) is 0.515. The number of pyridine rings is 1. The first-order valence-corrected chi connectivity index (χ1v) is 9.95. The summed E-state index contributed by atoms with van der Waals surface area (Å²) in [4.78, 5) is 13.8. The van der Waals surface area contributed by atoms with Crippen LogP contribution in [0.5, 0.6) is 0 Å². The van der Waals surface area contributed by atoms with E-state index in [0.717, 1.165) is 10.7 Å². The average molecular weight is 409 g/mol. The Balaban J connectivity index is 1.85. The molecule has 6 nitrogen and oxygen atoms in total. The molecule has 8 heteroatoms. The summed E-state index contributed by atoms with van der Waals surface area (Å²) in [6.45, 7) is 4.11. The predicted molar refractivity (Wildman–Crippen MR) is 113 cm³/mol. The normalized spacial score (nSPS) is 11.0. The van der Waals surface area contributed by atoms with Crippen molar-refractivity contribution >= 4 is 28.1 Å². The summed E-state index contributed by atoms with van der Waals surface area (Å²) in [7, 11) is 0. The quantitative estimate of drug-likeness (QED) is 0.489. The minimum absolute atomic E-state index is 0.272. The molecule has 0 bridgehead atoms. The van der Waals surface area contributed by atoms with E-state index in [0.29, 0.717) is 32.9 Å². The fraction of sp³-hybridized carbons (Fsp3) is 0.150. The molecule has 3 aromatic heterocycles. The molecule has 0 saturated heterocycles. The van der Waals surface area contributed by atoms with Crippen LogP contribution in [-0.2, 0) is 0 Å². The Morgan fingerprint density at radius 3 is 2.46 bits per heavy atom. The number of hydrogen-bond acceptors (Lipinski definition) is 7. The lowest BCUT2D eigenvalue weighted by Gasteiger charge is -2.08. The minimum Gasteiger partial charge on any atom is -0.358 e. The van der Waals surface area contributed by atoms with Gasteiger partial charge in [0.2, 0.25) is 5.13 Å². The van der Waals surface area contributed by atoms with Gasteiger partial charge in [0.15, 0.2) is 10.8 Å². The summed E-state index contributed by atoms with van der Waals surface area (Å²) in [6, 6.07) is 15.4. The van der Waals surface area contributed by atoms with Crippen molar-refractivity contribution in [1.82, 2.24) is 25.1 Å². The summed E-state index contributed by atoms with van der Waals surface area (Å²) >= 11 is 7.85. The Labute approximate surface area is 171 Å². The molecule has 0 radical (unpaired) electrons. The molecule has 0 aliphatic heterocycles. The second-order valence-electron chi connectivity index (χ2n) is 6.37. The molecule has 28 heavy (non-hydrogen) atoms. The second-order valence-corrected chi connectivity index (χ2v) is 7.75. The Morgan fingerprint density at radius 2 is 1.71 bits per heavy atom. The molecule has 0 aliphatic rings. The van der Waals surface area contributed by atoms with E-state index in [9.17, 15) is 0 Å². The molecule has 0 aliphatic carbocycles. The largest absolute Gasteiger partial charge is 0.358 e. The summed E-state index contributed by atoms with van der Waals surface area (Å²) in [5.41, 5.74) is 2.91. The van der Waals surface area contributed by atoms with Gasteiger partial charge in [0.05, 0.1) is 5.69 Å². The molecule has 0 amide bonds. The van der Waals surface area contributed by atoms with Crippen LogP contribution in [0.4, 0.5) is 5.13 Å². The molecule has 1 N–H and O–H groups in total. The molecule has 0 unspecified atom stereocenters. The topological polar surface area (TPSA) is 76.5 Å². The lowest BCUT2D eigenvalue weighted by Crippen LogP contribution is -2.08. The summed E-state index contributed by atoms with van der Waals surface area (Å²) in [6.07, 6.45) is 1.72. The molecule has 4 aromatic rings. The predicted octanol–water partition coefficient (Wildman–Crippen LogP) is 5.20. The van der Waals surface area contributed by atoms with Crippen LogP contribution < -0.4 is 5.32 Å². The van der Waals surface area contributed by atoms with Crippen LogP contribution in [0, 0.1) is 0 Å². The van der Waals surface area contributed by atoms with Crippen molar-refractivity contribution in [2.24, 2.45) is 0 Å². The van der Waals surface area contributed by atoms with Gasteiger partial charge in [0, 0.05) is 22.8 Å². The van der Waals surface area contributed by atoms with Gasteiger partial charge in [-0.2, -0.15) is 0 Å². The fourth-order valence-corrected chi connectivity index (χ4v) is 3.69. The van der Waals surface area contributed by atoms with Gasteiger partial charge in [0.1, 0.15) is 11.4 Å². The zero-order valence-corrected chi connectivity index (χ0v) is 16.9. The number of anilines is 1. The SMILES string of the molecule is CC(C)Nc1nnc(-c2cc(-c3ccccc3Cl)nc(-c3ccccn3)n2)s1. The molecular weight excluding hydrogens is 392 g/mol. The van der Waals surface area contributed by atoms with Crippen molar-refractivity contribution in [3.05, 3.63) is 59.8 Å². The van der Waals surface area contributed by atoms with Gasteiger partial charge >= 0.3 is 0 Å². The van der Waals surface area contributed by atoms with Crippen LogP contribution in [0.3, 0.4) is 0 Å². The van der Waals surface area contributed by atoms with Gasteiger partial charge in [-0.15, -0.1) is 10.2 Å². The maximum Gasteiger partial charge on any atom is 0.206 e. The monoisotopic (exact) mass is 408 g/mol. The van der Waals surface area contributed by atoms with Gasteiger partial charge in [-0.25, -0.2) is 9.97 Å². The molecule has 0 saturated carbocycles. The smallest absolute Gasteiger partial charge is 0.206 e. The molecule has 3 heterocycles. The van der Waals surface area contributed by atoms with E-state index in [1.165, 1.54) is 11.3 Å². The third-order valence-electron chi connectivity index (χ3n) is 3.83. The Bertz CT molecular complexity index is 1100. The van der Waals surface area contributed by atoms with E-state index >= 15 is 0 Å². The van der Waals surface area contributed by atoms with Gasteiger partial charge in [-0.1, -0.05) is 47.2 Å². The maximum absolute atomic E-state index is 6.41. The highest BCUT2D eigenvalue weighted by Crippen LogP contribution is 2.32. The van der Waals surface area contributed by atoms with Crippen LogP contribution in [-0.4, -0.2) is 31.2 Å². The van der Waals surface area contributed by atoms with E-state index in [-0.39, 0.29) is 6.04 Å². The third kappa shape index (κ3) is 4.00. The molecule has 1 aromatic carbocycles.